The number of carbonyl (C=O) groups is 2. The van der Waals surface area contributed by atoms with Crippen LogP contribution < -0.4 is 10.2 Å². The van der Waals surface area contributed by atoms with Gasteiger partial charge in [0.05, 0.1) is 25.3 Å². The molecule has 2 N–H and O–H groups in total. The number of nitrogens with one attached hydrogen (secondary N) is 2. The maximum Gasteiger partial charge on any atom is 0.341 e. The van der Waals surface area contributed by atoms with Gasteiger partial charge in [0, 0.05) is 4.88 Å². The summed E-state index contributed by atoms with van der Waals surface area (Å²) in [6, 6.07) is 0.575. The summed E-state index contributed by atoms with van der Waals surface area (Å²) in [4.78, 5) is 27.8. The minimum atomic E-state index is -0.298. The summed E-state index contributed by atoms with van der Waals surface area (Å²) in [7, 11) is 2.11. The Bertz CT molecular complexity index is 679. The SMILES string of the molecule is CCOC(=O)c1c(NC(=O)C[NH+](C)C2CCCCC2)sc2c1CCC(C)C2. The Labute approximate surface area is 166 Å². The Kier molecular flexibility index (Phi) is 6.93. The van der Waals surface area contributed by atoms with Crippen molar-refractivity contribution >= 4 is 28.2 Å². The topological polar surface area (TPSA) is 59.8 Å². The monoisotopic (exact) mass is 393 g/mol. The van der Waals surface area contributed by atoms with Crippen LogP contribution in [0.2, 0.25) is 0 Å². The fourth-order valence-corrected chi connectivity index (χ4v) is 5.84. The predicted molar refractivity (Wildman–Crippen MR) is 109 cm³/mol. The van der Waals surface area contributed by atoms with Gasteiger partial charge in [-0.05, 0) is 63.4 Å². The highest BCUT2D eigenvalue weighted by atomic mass is 32.1. The van der Waals surface area contributed by atoms with E-state index in [4.69, 9.17) is 4.74 Å². The molecule has 3 rings (SSSR count). The second kappa shape index (κ2) is 9.20. The standard InChI is InChI=1S/C21H32N2O3S/c1-4-26-21(25)19-16-11-10-14(2)12-17(16)27-20(19)22-18(24)13-23(3)15-8-6-5-7-9-15/h14-15H,4-13H2,1-3H3,(H,22,24)/p+1. The molecule has 0 spiro atoms. The predicted octanol–water partition coefficient (Wildman–Crippen LogP) is 2.84. The second-order valence-corrected chi connectivity index (χ2v) is 9.29. The molecule has 5 nitrogen and oxygen atoms in total. The third-order valence-electron chi connectivity index (χ3n) is 5.99. The van der Waals surface area contributed by atoms with E-state index in [1.54, 1.807) is 11.3 Å². The fraction of sp³-hybridized carbons (Fsp3) is 0.714. The molecule has 1 amide bonds. The van der Waals surface area contributed by atoms with Gasteiger partial charge in [-0.3, -0.25) is 4.79 Å². The maximum atomic E-state index is 12.7. The van der Waals surface area contributed by atoms with Crippen molar-refractivity contribution in [2.75, 3.05) is 25.5 Å². The molecule has 6 heteroatoms. The van der Waals surface area contributed by atoms with E-state index >= 15 is 0 Å². The van der Waals surface area contributed by atoms with Crippen LogP contribution in [-0.4, -0.2) is 38.1 Å². The van der Waals surface area contributed by atoms with Gasteiger partial charge in [0.15, 0.2) is 6.54 Å². The first-order chi connectivity index (χ1) is 13.0. The number of hydrogen-bond acceptors (Lipinski definition) is 4. The highest BCUT2D eigenvalue weighted by Crippen LogP contribution is 2.40. The summed E-state index contributed by atoms with van der Waals surface area (Å²) in [5.41, 5.74) is 1.70. The van der Waals surface area contributed by atoms with E-state index in [-0.39, 0.29) is 11.9 Å². The number of esters is 1. The summed E-state index contributed by atoms with van der Waals surface area (Å²) in [6.07, 6.45) is 9.23. The van der Waals surface area contributed by atoms with Gasteiger partial charge >= 0.3 is 5.97 Å². The van der Waals surface area contributed by atoms with Gasteiger partial charge in [0.25, 0.3) is 5.91 Å². The number of quaternary nitrogens is 1. The van der Waals surface area contributed by atoms with Crippen LogP contribution in [0.4, 0.5) is 5.00 Å². The molecule has 2 aliphatic carbocycles. The largest absolute Gasteiger partial charge is 0.462 e. The number of thiophene rings is 1. The lowest BCUT2D eigenvalue weighted by molar-refractivity contribution is -0.899. The van der Waals surface area contributed by atoms with Crippen molar-refractivity contribution in [2.24, 2.45) is 5.92 Å². The first kappa shape index (κ1) is 20.3. The fourth-order valence-electron chi connectivity index (χ4n) is 4.42. The zero-order valence-electron chi connectivity index (χ0n) is 16.9. The Morgan fingerprint density at radius 2 is 1.96 bits per heavy atom. The van der Waals surface area contributed by atoms with Crippen molar-refractivity contribution in [3.8, 4) is 0 Å². The summed E-state index contributed by atoms with van der Waals surface area (Å²) < 4.78 is 5.29. The highest BCUT2D eigenvalue weighted by molar-refractivity contribution is 7.17. The number of likely N-dealkylation sites (N-methyl/N-ethyl adjacent to an activating group) is 1. The minimum Gasteiger partial charge on any atom is -0.462 e. The van der Waals surface area contributed by atoms with Gasteiger partial charge in [-0.15, -0.1) is 11.3 Å². The van der Waals surface area contributed by atoms with Crippen LogP contribution in [0.3, 0.4) is 0 Å². The van der Waals surface area contributed by atoms with Crippen molar-refractivity contribution in [1.29, 1.82) is 0 Å². The Hall–Kier alpha value is -1.40. The zero-order valence-corrected chi connectivity index (χ0v) is 17.7. The van der Waals surface area contributed by atoms with E-state index in [2.05, 4.69) is 19.3 Å². The van der Waals surface area contributed by atoms with Crippen LogP contribution in [0.1, 0.15) is 73.2 Å². The smallest absolute Gasteiger partial charge is 0.341 e. The minimum absolute atomic E-state index is 0.00438. The Morgan fingerprint density at radius 3 is 2.67 bits per heavy atom. The first-order valence-electron chi connectivity index (χ1n) is 10.4. The molecule has 150 valence electrons. The molecular formula is C21H33N2O3S+. The second-order valence-electron chi connectivity index (χ2n) is 8.18. The number of amides is 1. The van der Waals surface area contributed by atoms with Crippen LogP contribution in [0.15, 0.2) is 0 Å². The number of carbonyl (C=O) groups excluding carboxylic acids is 2. The molecule has 1 saturated carbocycles. The molecule has 2 aliphatic rings. The molecule has 0 aromatic carbocycles. The normalized spacial score (nSPS) is 21.4. The van der Waals surface area contributed by atoms with E-state index < -0.39 is 0 Å². The molecule has 1 aromatic heterocycles. The van der Waals surface area contributed by atoms with Gasteiger partial charge in [0.1, 0.15) is 5.00 Å². The van der Waals surface area contributed by atoms with Gasteiger partial charge in [0.2, 0.25) is 0 Å². The molecule has 0 bridgehead atoms. The van der Waals surface area contributed by atoms with Crippen molar-refractivity contribution in [1.82, 2.24) is 0 Å². The van der Waals surface area contributed by atoms with Gasteiger partial charge < -0.3 is 15.0 Å². The van der Waals surface area contributed by atoms with Crippen LogP contribution >= 0.6 is 11.3 Å². The summed E-state index contributed by atoms with van der Waals surface area (Å²) >= 11 is 1.57. The van der Waals surface area contributed by atoms with E-state index in [1.165, 1.54) is 41.9 Å². The Morgan fingerprint density at radius 1 is 1.22 bits per heavy atom. The van der Waals surface area contributed by atoms with Gasteiger partial charge in [-0.2, -0.15) is 0 Å². The molecule has 1 aromatic rings. The third-order valence-corrected chi connectivity index (χ3v) is 7.16. The first-order valence-corrected chi connectivity index (χ1v) is 11.2. The van der Waals surface area contributed by atoms with Crippen molar-refractivity contribution < 1.29 is 19.2 Å². The lowest BCUT2D eigenvalue weighted by atomic mass is 9.88. The molecule has 0 aliphatic heterocycles. The molecule has 0 saturated heterocycles. The molecule has 1 heterocycles. The molecule has 2 unspecified atom stereocenters. The average Bonchev–Trinajstić information content (AvgIpc) is 2.99. The molecular weight excluding hydrogens is 360 g/mol. The van der Waals surface area contributed by atoms with E-state index in [0.717, 1.165) is 24.8 Å². The number of ether oxygens (including phenoxy) is 1. The van der Waals surface area contributed by atoms with Crippen molar-refractivity contribution in [3.63, 3.8) is 0 Å². The van der Waals surface area contributed by atoms with Crippen LogP contribution in [0.5, 0.6) is 0 Å². The van der Waals surface area contributed by atoms with E-state index in [0.29, 0.717) is 35.7 Å². The van der Waals surface area contributed by atoms with Crippen LogP contribution in [-0.2, 0) is 22.4 Å². The van der Waals surface area contributed by atoms with Gasteiger partial charge in [-0.1, -0.05) is 13.3 Å². The average molecular weight is 394 g/mol. The van der Waals surface area contributed by atoms with Crippen LogP contribution in [0, 0.1) is 5.92 Å². The highest BCUT2D eigenvalue weighted by Gasteiger charge is 2.30. The number of anilines is 1. The maximum absolute atomic E-state index is 12.7. The molecule has 1 fully saturated rings. The number of hydrogen-bond donors (Lipinski definition) is 2. The van der Waals surface area contributed by atoms with E-state index in [9.17, 15) is 9.59 Å². The summed E-state index contributed by atoms with van der Waals surface area (Å²) in [5, 5.41) is 3.74. The third kappa shape index (κ3) is 4.91. The molecule has 0 radical (unpaired) electrons. The Balaban J connectivity index is 1.73. The lowest BCUT2D eigenvalue weighted by Gasteiger charge is -2.27. The summed E-state index contributed by atoms with van der Waals surface area (Å²) in [6.45, 7) is 4.86. The zero-order chi connectivity index (χ0) is 19.4. The summed E-state index contributed by atoms with van der Waals surface area (Å²) in [5.74, 6) is 0.319. The lowest BCUT2D eigenvalue weighted by Crippen LogP contribution is -3.14. The quantitative estimate of drug-likeness (QED) is 0.731. The van der Waals surface area contributed by atoms with Crippen LogP contribution in [0.25, 0.3) is 0 Å². The number of fused-ring (bicyclic) bond motifs is 1. The van der Waals surface area contributed by atoms with Crippen molar-refractivity contribution in [2.45, 2.75) is 71.3 Å². The van der Waals surface area contributed by atoms with E-state index in [1.807, 2.05) is 6.92 Å². The van der Waals surface area contributed by atoms with Crippen molar-refractivity contribution in [3.05, 3.63) is 16.0 Å². The molecule has 27 heavy (non-hydrogen) atoms. The van der Waals surface area contributed by atoms with Gasteiger partial charge in [-0.25, -0.2) is 4.79 Å². The molecule has 2 atom stereocenters. The number of rotatable bonds is 6.